The second kappa shape index (κ2) is 6.10. The fourth-order valence-electron chi connectivity index (χ4n) is 1.25. The fraction of sp³-hybridized carbons (Fsp3) is 0.455. The van der Waals surface area contributed by atoms with E-state index in [1.165, 1.54) is 0 Å². The molecule has 1 aromatic rings. The van der Waals surface area contributed by atoms with Gasteiger partial charge in [0.1, 0.15) is 5.75 Å². The van der Waals surface area contributed by atoms with E-state index in [9.17, 15) is 0 Å². The van der Waals surface area contributed by atoms with Gasteiger partial charge in [-0.2, -0.15) is 0 Å². The van der Waals surface area contributed by atoms with E-state index in [0.29, 0.717) is 6.54 Å². The number of aliphatic hydroxyl groups excluding tert-OH is 1. The Hall–Kier alpha value is -0.580. The second-order valence-electron chi connectivity index (χ2n) is 3.45. The van der Waals surface area contributed by atoms with E-state index in [2.05, 4.69) is 21.2 Å². The summed E-state index contributed by atoms with van der Waals surface area (Å²) in [5.41, 5.74) is 1.16. The van der Waals surface area contributed by atoms with Crippen LogP contribution >= 0.6 is 15.9 Å². The van der Waals surface area contributed by atoms with Crippen molar-refractivity contribution in [3.05, 3.63) is 28.2 Å². The highest BCUT2D eigenvalue weighted by molar-refractivity contribution is 9.10. The van der Waals surface area contributed by atoms with Crippen LogP contribution in [-0.2, 0) is 6.54 Å². The zero-order valence-corrected chi connectivity index (χ0v) is 10.5. The molecule has 4 heteroatoms. The van der Waals surface area contributed by atoms with Gasteiger partial charge in [-0.1, -0.05) is 6.07 Å². The summed E-state index contributed by atoms with van der Waals surface area (Å²) in [4.78, 5) is 0. The SMILES string of the molecule is COc1ccc(CNC[C@H](C)O)cc1Br. The molecule has 0 saturated heterocycles. The first-order valence-electron chi connectivity index (χ1n) is 4.84. The van der Waals surface area contributed by atoms with Gasteiger partial charge in [-0.25, -0.2) is 0 Å². The first-order chi connectivity index (χ1) is 7.13. The van der Waals surface area contributed by atoms with E-state index in [-0.39, 0.29) is 6.10 Å². The van der Waals surface area contributed by atoms with Gasteiger partial charge in [0.25, 0.3) is 0 Å². The summed E-state index contributed by atoms with van der Waals surface area (Å²) in [7, 11) is 1.64. The summed E-state index contributed by atoms with van der Waals surface area (Å²) >= 11 is 3.43. The number of halogens is 1. The molecule has 0 amide bonds. The molecule has 0 heterocycles. The lowest BCUT2D eigenvalue weighted by Crippen LogP contribution is -2.23. The van der Waals surface area contributed by atoms with Crippen LogP contribution in [0, 0.1) is 0 Å². The molecule has 1 atom stereocenters. The minimum absolute atomic E-state index is 0.313. The Morgan fingerprint density at radius 1 is 1.53 bits per heavy atom. The van der Waals surface area contributed by atoms with E-state index in [1.54, 1.807) is 14.0 Å². The monoisotopic (exact) mass is 273 g/mol. The van der Waals surface area contributed by atoms with E-state index in [4.69, 9.17) is 9.84 Å². The molecule has 0 bridgehead atoms. The van der Waals surface area contributed by atoms with Crippen molar-refractivity contribution in [1.29, 1.82) is 0 Å². The summed E-state index contributed by atoms with van der Waals surface area (Å²) in [6.45, 7) is 3.11. The molecule has 0 aliphatic heterocycles. The van der Waals surface area contributed by atoms with Gasteiger partial charge >= 0.3 is 0 Å². The minimum atomic E-state index is -0.313. The van der Waals surface area contributed by atoms with E-state index in [1.807, 2.05) is 18.2 Å². The molecular formula is C11H16BrNO2. The van der Waals surface area contributed by atoms with Gasteiger partial charge in [0.05, 0.1) is 17.7 Å². The Morgan fingerprint density at radius 2 is 2.27 bits per heavy atom. The predicted octanol–water partition coefficient (Wildman–Crippen LogP) is 1.93. The third-order valence-electron chi connectivity index (χ3n) is 1.99. The molecule has 0 aromatic heterocycles. The second-order valence-corrected chi connectivity index (χ2v) is 4.30. The number of methoxy groups -OCH3 is 1. The Balaban J connectivity index is 2.52. The summed E-state index contributed by atoms with van der Waals surface area (Å²) in [5, 5.41) is 12.2. The van der Waals surface area contributed by atoms with Crippen molar-refractivity contribution in [2.45, 2.75) is 19.6 Å². The molecule has 0 spiro atoms. The normalized spacial score (nSPS) is 12.5. The molecule has 84 valence electrons. The Morgan fingerprint density at radius 3 is 2.80 bits per heavy atom. The van der Waals surface area contributed by atoms with Crippen LogP contribution in [0.5, 0.6) is 5.75 Å². The third-order valence-corrected chi connectivity index (χ3v) is 2.60. The number of benzene rings is 1. The van der Waals surface area contributed by atoms with Crippen LogP contribution in [0.1, 0.15) is 12.5 Å². The zero-order valence-electron chi connectivity index (χ0n) is 8.96. The quantitative estimate of drug-likeness (QED) is 0.862. The third kappa shape index (κ3) is 4.20. The van der Waals surface area contributed by atoms with E-state index < -0.39 is 0 Å². The largest absolute Gasteiger partial charge is 0.496 e. The summed E-state index contributed by atoms with van der Waals surface area (Å²) < 4.78 is 6.08. The number of hydrogen-bond acceptors (Lipinski definition) is 3. The predicted molar refractivity (Wildman–Crippen MR) is 64.1 cm³/mol. The van der Waals surface area contributed by atoms with E-state index >= 15 is 0 Å². The molecule has 1 aromatic carbocycles. The molecule has 0 fully saturated rings. The van der Waals surface area contributed by atoms with Crippen LogP contribution in [0.3, 0.4) is 0 Å². The van der Waals surface area contributed by atoms with Crippen molar-refractivity contribution in [3.8, 4) is 5.75 Å². The van der Waals surface area contributed by atoms with Crippen molar-refractivity contribution >= 4 is 15.9 Å². The summed E-state index contributed by atoms with van der Waals surface area (Å²) in [6, 6.07) is 5.93. The lowest BCUT2D eigenvalue weighted by Gasteiger charge is -2.08. The van der Waals surface area contributed by atoms with Crippen molar-refractivity contribution in [3.63, 3.8) is 0 Å². The average Bonchev–Trinajstić information content (AvgIpc) is 2.17. The van der Waals surface area contributed by atoms with Gasteiger partial charge in [0.2, 0.25) is 0 Å². The maximum atomic E-state index is 9.08. The molecular weight excluding hydrogens is 258 g/mol. The average molecular weight is 274 g/mol. The van der Waals surface area contributed by atoms with Crippen LogP contribution in [0.15, 0.2) is 22.7 Å². The van der Waals surface area contributed by atoms with Crippen LogP contribution in [0.2, 0.25) is 0 Å². The molecule has 0 saturated carbocycles. The van der Waals surface area contributed by atoms with E-state index in [0.717, 1.165) is 22.3 Å². The topological polar surface area (TPSA) is 41.5 Å². The zero-order chi connectivity index (χ0) is 11.3. The van der Waals surface area contributed by atoms with Gasteiger partial charge in [-0.15, -0.1) is 0 Å². The lowest BCUT2D eigenvalue weighted by molar-refractivity contribution is 0.191. The first-order valence-corrected chi connectivity index (χ1v) is 5.64. The highest BCUT2D eigenvalue weighted by atomic mass is 79.9. The maximum absolute atomic E-state index is 9.08. The van der Waals surface area contributed by atoms with Crippen LogP contribution in [0.25, 0.3) is 0 Å². The van der Waals surface area contributed by atoms with Crippen LogP contribution in [-0.4, -0.2) is 24.9 Å². The molecule has 0 radical (unpaired) electrons. The van der Waals surface area contributed by atoms with Gasteiger partial charge in [-0.05, 0) is 40.5 Å². The van der Waals surface area contributed by atoms with Gasteiger partial charge in [0, 0.05) is 13.1 Å². The summed E-state index contributed by atoms with van der Waals surface area (Å²) in [5.74, 6) is 0.828. The molecule has 0 aliphatic carbocycles. The Labute approximate surface area is 98.6 Å². The van der Waals surface area contributed by atoms with Gasteiger partial charge in [-0.3, -0.25) is 0 Å². The van der Waals surface area contributed by atoms with Crippen molar-refractivity contribution in [2.75, 3.05) is 13.7 Å². The smallest absolute Gasteiger partial charge is 0.133 e. The number of nitrogens with one attached hydrogen (secondary N) is 1. The molecule has 1 rings (SSSR count). The van der Waals surface area contributed by atoms with Crippen molar-refractivity contribution < 1.29 is 9.84 Å². The van der Waals surface area contributed by atoms with Crippen LogP contribution in [0.4, 0.5) is 0 Å². The standard InChI is InChI=1S/C11H16BrNO2/c1-8(14)6-13-7-9-3-4-11(15-2)10(12)5-9/h3-5,8,13-14H,6-7H2,1-2H3/t8-/m0/s1. The van der Waals surface area contributed by atoms with Gasteiger partial charge < -0.3 is 15.2 Å². The van der Waals surface area contributed by atoms with Crippen LogP contribution < -0.4 is 10.1 Å². The fourth-order valence-corrected chi connectivity index (χ4v) is 1.83. The number of hydrogen-bond donors (Lipinski definition) is 2. The Kier molecular flexibility index (Phi) is 5.08. The molecule has 2 N–H and O–H groups in total. The molecule has 3 nitrogen and oxygen atoms in total. The lowest BCUT2D eigenvalue weighted by atomic mass is 10.2. The Bertz CT molecular complexity index is 315. The number of ether oxygens (including phenoxy) is 1. The number of aliphatic hydroxyl groups is 1. The van der Waals surface area contributed by atoms with Crippen molar-refractivity contribution in [1.82, 2.24) is 5.32 Å². The summed E-state index contributed by atoms with van der Waals surface area (Å²) in [6.07, 6.45) is -0.313. The minimum Gasteiger partial charge on any atom is -0.496 e. The van der Waals surface area contributed by atoms with Gasteiger partial charge in [0.15, 0.2) is 0 Å². The molecule has 0 unspecified atom stereocenters. The molecule has 15 heavy (non-hydrogen) atoms. The maximum Gasteiger partial charge on any atom is 0.133 e. The molecule has 0 aliphatic rings. The highest BCUT2D eigenvalue weighted by Crippen LogP contribution is 2.25. The number of rotatable bonds is 5. The highest BCUT2D eigenvalue weighted by Gasteiger charge is 2.01. The first kappa shape index (κ1) is 12.5. The van der Waals surface area contributed by atoms with Crippen molar-refractivity contribution in [2.24, 2.45) is 0 Å².